The van der Waals surface area contributed by atoms with Crippen molar-refractivity contribution in [3.63, 3.8) is 0 Å². The quantitative estimate of drug-likeness (QED) is 0.358. The first-order valence-electron chi connectivity index (χ1n) is 11.7. The van der Waals surface area contributed by atoms with Crippen molar-refractivity contribution in [1.29, 1.82) is 0 Å². The molecule has 6 heteroatoms. The lowest BCUT2D eigenvalue weighted by Gasteiger charge is -2.34. The Kier molecular flexibility index (Phi) is 9.82. The fraction of sp³-hybridized carbons (Fsp3) is 0.310. The molecule has 0 radical (unpaired) electrons. The highest BCUT2D eigenvalue weighted by molar-refractivity contribution is 7.99. The monoisotopic (exact) mass is 508 g/mol. The number of thioether (sulfide) groups is 1. The molecule has 1 atom stereocenters. The molecule has 0 saturated heterocycles. The van der Waals surface area contributed by atoms with Crippen LogP contribution in [0, 0.1) is 0 Å². The molecule has 0 aliphatic rings. The van der Waals surface area contributed by atoms with Crippen molar-refractivity contribution in [2.24, 2.45) is 0 Å². The second-order valence-corrected chi connectivity index (χ2v) is 10.9. The number of nitrogens with zero attached hydrogens (tertiary/aromatic N) is 1. The van der Waals surface area contributed by atoms with Crippen LogP contribution in [0.3, 0.4) is 0 Å². The Morgan fingerprint density at radius 2 is 1.46 bits per heavy atom. The van der Waals surface area contributed by atoms with Crippen molar-refractivity contribution in [1.82, 2.24) is 10.2 Å². The van der Waals surface area contributed by atoms with Crippen LogP contribution in [-0.2, 0) is 28.3 Å². The lowest BCUT2D eigenvalue weighted by molar-refractivity contribution is -0.140. The maximum atomic E-state index is 13.6. The number of carbonyl (C=O) groups is 2. The van der Waals surface area contributed by atoms with E-state index in [1.54, 1.807) is 16.7 Å². The van der Waals surface area contributed by atoms with Crippen LogP contribution in [-0.4, -0.2) is 34.0 Å². The van der Waals surface area contributed by atoms with Gasteiger partial charge in [-0.3, -0.25) is 9.59 Å². The normalized spacial score (nSPS) is 12.1. The molecule has 1 unspecified atom stereocenters. The third-order valence-electron chi connectivity index (χ3n) is 5.40. The summed E-state index contributed by atoms with van der Waals surface area (Å²) in [5, 5.41) is 3.67. The molecule has 0 bridgehead atoms. The molecule has 3 aromatic rings. The second-order valence-electron chi connectivity index (χ2n) is 9.54. The maximum Gasteiger partial charge on any atom is 0.243 e. The van der Waals surface area contributed by atoms with Gasteiger partial charge in [0.2, 0.25) is 11.8 Å². The maximum absolute atomic E-state index is 13.6. The smallest absolute Gasteiger partial charge is 0.243 e. The van der Waals surface area contributed by atoms with Gasteiger partial charge in [-0.25, -0.2) is 0 Å². The van der Waals surface area contributed by atoms with Crippen LogP contribution in [0.4, 0.5) is 0 Å². The topological polar surface area (TPSA) is 49.4 Å². The molecule has 0 aliphatic carbocycles. The number of nitrogens with one attached hydrogen (secondary N) is 1. The molecular formula is C29H33ClN2O2S. The van der Waals surface area contributed by atoms with Crippen LogP contribution in [0.1, 0.15) is 37.5 Å². The summed E-state index contributed by atoms with van der Waals surface area (Å²) in [6, 6.07) is 26.7. The molecule has 0 spiro atoms. The van der Waals surface area contributed by atoms with E-state index in [4.69, 9.17) is 11.6 Å². The zero-order chi connectivity index (χ0) is 25.3. The first-order valence-corrected chi connectivity index (χ1v) is 13.3. The molecule has 1 N–H and O–H groups in total. The number of rotatable bonds is 10. The van der Waals surface area contributed by atoms with E-state index in [0.717, 1.165) is 22.4 Å². The first-order chi connectivity index (χ1) is 16.7. The highest BCUT2D eigenvalue weighted by Crippen LogP contribution is 2.22. The summed E-state index contributed by atoms with van der Waals surface area (Å²) < 4.78 is 0. The average Bonchev–Trinajstić information content (AvgIpc) is 2.82. The van der Waals surface area contributed by atoms with Crippen molar-refractivity contribution in [2.75, 3.05) is 5.75 Å². The minimum atomic E-state index is -0.669. The lowest BCUT2D eigenvalue weighted by Crippen LogP contribution is -2.54. The van der Waals surface area contributed by atoms with Crippen LogP contribution in [0.2, 0.25) is 5.02 Å². The van der Waals surface area contributed by atoms with Crippen LogP contribution >= 0.6 is 23.4 Å². The van der Waals surface area contributed by atoms with Crippen molar-refractivity contribution >= 4 is 35.2 Å². The molecule has 0 aliphatic heterocycles. The molecule has 3 aromatic carbocycles. The summed E-state index contributed by atoms with van der Waals surface area (Å²) in [6.45, 7) is 6.10. The SMILES string of the molecule is CC(C)(C)NC(=O)C(Cc1ccccc1)N(Cc1ccccc1Cl)C(=O)CSCc1ccccc1. The van der Waals surface area contributed by atoms with Gasteiger partial charge in [0.1, 0.15) is 6.04 Å². The fourth-order valence-electron chi connectivity index (χ4n) is 3.73. The number of hydrogen-bond acceptors (Lipinski definition) is 3. The van der Waals surface area contributed by atoms with Crippen LogP contribution in [0.5, 0.6) is 0 Å². The van der Waals surface area contributed by atoms with E-state index in [0.29, 0.717) is 11.4 Å². The van der Waals surface area contributed by atoms with E-state index in [1.807, 2.05) is 106 Å². The Balaban J connectivity index is 1.88. The number of hydrogen-bond donors (Lipinski definition) is 1. The van der Waals surface area contributed by atoms with Gasteiger partial charge in [0.25, 0.3) is 0 Å². The van der Waals surface area contributed by atoms with E-state index in [2.05, 4.69) is 5.32 Å². The fourth-order valence-corrected chi connectivity index (χ4v) is 4.80. The predicted molar refractivity (Wildman–Crippen MR) is 146 cm³/mol. The van der Waals surface area contributed by atoms with Gasteiger partial charge in [-0.1, -0.05) is 90.5 Å². The van der Waals surface area contributed by atoms with Crippen LogP contribution in [0.25, 0.3) is 0 Å². The summed E-state index contributed by atoms with van der Waals surface area (Å²) in [6.07, 6.45) is 0.419. The molecule has 184 valence electrons. The summed E-state index contributed by atoms with van der Waals surface area (Å²) in [7, 11) is 0. The number of carbonyl (C=O) groups excluding carboxylic acids is 2. The number of halogens is 1. The first kappa shape index (κ1) is 26.8. The van der Waals surface area contributed by atoms with E-state index < -0.39 is 11.6 Å². The molecule has 2 amide bonds. The third kappa shape index (κ3) is 8.75. The van der Waals surface area contributed by atoms with Gasteiger partial charge in [-0.2, -0.15) is 0 Å². The van der Waals surface area contributed by atoms with Crippen molar-refractivity contribution in [2.45, 2.75) is 51.1 Å². The van der Waals surface area contributed by atoms with Gasteiger partial charge >= 0.3 is 0 Å². The van der Waals surface area contributed by atoms with Gasteiger partial charge in [0.05, 0.1) is 5.75 Å². The zero-order valence-electron chi connectivity index (χ0n) is 20.5. The van der Waals surface area contributed by atoms with E-state index in [9.17, 15) is 9.59 Å². The van der Waals surface area contributed by atoms with Gasteiger partial charge in [0, 0.05) is 29.3 Å². The summed E-state index contributed by atoms with van der Waals surface area (Å²) in [5.74, 6) is 0.739. The molecule has 4 nitrogen and oxygen atoms in total. The van der Waals surface area contributed by atoms with Gasteiger partial charge in [-0.05, 0) is 43.5 Å². The molecule has 35 heavy (non-hydrogen) atoms. The van der Waals surface area contributed by atoms with Crippen LogP contribution in [0.15, 0.2) is 84.9 Å². The Morgan fingerprint density at radius 3 is 2.06 bits per heavy atom. The lowest BCUT2D eigenvalue weighted by atomic mass is 10.0. The van der Waals surface area contributed by atoms with Crippen molar-refractivity contribution in [3.05, 3.63) is 107 Å². The molecular weight excluding hydrogens is 476 g/mol. The molecule has 0 heterocycles. The van der Waals surface area contributed by atoms with Gasteiger partial charge in [-0.15, -0.1) is 11.8 Å². The Morgan fingerprint density at radius 1 is 0.886 bits per heavy atom. The van der Waals surface area contributed by atoms with Gasteiger partial charge in [0.15, 0.2) is 0 Å². The Labute approximate surface area is 218 Å². The summed E-state index contributed by atoms with van der Waals surface area (Å²) >= 11 is 8.01. The molecule has 3 rings (SSSR count). The minimum Gasteiger partial charge on any atom is -0.350 e. The largest absolute Gasteiger partial charge is 0.350 e. The highest BCUT2D eigenvalue weighted by atomic mass is 35.5. The van der Waals surface area contributed by atoms with E-state index >= 15 is 0 Å². The standard InChI is InChI=1S/C29H33ClN2O2S/c1-29(2,3)31-28(34)26(18-22-12-6-4-7-13-22)32(19-24-16-10-11-17-25(24)30)27(33)21-35-20-23-14-8-5-9-15-23/h4-17,26H,18-21H2,1-3H3,(H,31,34). The van der Waals surface area contributed by atoms with E-state index in [1.165, 1.54) is 0 Å². The van der Waals surface area contributed by atoms with E-state index in [-0.39, 0.29) is 24.1 Å². The average molecular weight is 509 g/mol. The highest BCUT2D eigenvalue weighted by Gasteiger charge is 2.32. The Hall–Kier alpha value is -2.76. The number of benzene rings is 3. The molecule has 0 saturated carbocycles. The molecule has 0 fully saturated rings. The van der Waals surface area contributed by atoms with Gasteiger partial charge < -0.3 is 10.2 Å². The summed E-state index contributed by atoms with van der Waals surface area (Å²) in [5.41, 5.74) is 2.55. The predicted octanol–water partition coefficient (Wildman–Crippen LogP) is 6.13. The molecule has 0 aromatic heterocycles. The second kappa shape index (κ2) is 12.8. The number of amides is 2. The summed E-state index contributed by atoms with van der Waals surface area (Å²) in [4.78, 5) is 28.9. The van der Waals surface area contributed by atoms with Crippen molar-refractivity contribution < 1.29 is 9.59 Å². The third-order valence-corrected chi connectivity index (χ3v) is 6.76. The zero-order valence-corrected chi connectivity index (χ0v) is 22.1. The Bertz CT molecular complexity index is 1100. The van der Waals surface area contributed by atoms with Crippen molar-refractivity contribution in [3.8, 4) is 0 Å². The minimum absolute atomic E-state index is 0.0872. The van der Waals surface area contributed by atoms with Crippen LogP contribution < -0.4 is 5.32 Å².